The first kappa shape index (κ1) is 17.9. The molecule has 1 atom stereocenters. The van der Waals surface area contributed by atoms with E-state index in [-0.39, 0.29) is 16.9 Å². The lowest BCUT2D eigenvalue weighted by Gasteiger charge is -2.32. The molecule has 0 radical (unpaired) electrons. The molecule has 1 N–H and O–H groups in total. The summed E-state index contributed by atoms with van der Waals surface area (Å²) in [4.78, 5) is 14.6. The summed E-state index contributed by atoms with van der Waals surface area (Å²) in [6.45, 7) is 7.15. The maximum absolute atomic E-state index is 12.7. The van der Waals surface area contributed by atoms with Gasteiger partial charge in [0.2, 0.25) is 10.0 Å². The summed E-state index contributed by atoms with van der Waals surface area (Å²) in [5.74, 6) is -0.151. The van der Waals surface area contributed by atoms with Crippen LogP contribution in [0.4, 0.5) is 0 Å². The van der Waals surface area contributed by atoms with Crippen molar-refractivity contribution in [2.75, 3.05) is 26.7 Å². The third-order valence-electron chi connectivity index (χ3n) is 4.31. The van der Waals surface area contributed by atoms with E-state index in [1.165, 1.54) is 13.1 Å². The molecule has 0 aliphatic carbocycles. The van der Waals surface area contributed by atoms with Crippen LogP contribution in [0.3, 0.4) is 0 Å². The second-order valence-electron chi connectivity index (χ2n) is 5.78. The monoisotopic (exact) mass is 340 g/mol. The highest BCUT2D eigenvalue weighted by atomic mass is 32.2. The van der Waals surface area contributed by atoms with E-state index in [4.69, 9.17) is 4.74 Å². The van der Waals surface area contributed by atoms with E-state index in [0.29, 0.717) is 30.8 Å². The smallest absolute Gasteiger partial charge is 0.254 e. The van der Waals surface area contributed by atoms with Gasteiger partial charge in [-0.3, -0.25) is 4.79 Å². The third kappa shape index (κ3) is 3.73. The van der Waals surface area contributed by atoms with Gasteiger partial charge < -0.3 is 9.64 Å². The van der Waals surface area contributed by atoms with Crippen molar-refractivity contribution in [1.29, 1.82) is 0 Å². The molecule has 6 nitrogen and oxygen atoms in total. The van der Waals surface area contributed by atoms with Crippen molar-refractivity contribution in [3.05, 3.63) is 28.8 Å². The van der Waals surface area contributed by atoms with Gasteiger partial charge in [0.05, 0.1) is 17.6 Å². The van der Waals surface area contributed by atoms with Crippen LogP contribution in [-0.4, -0.2) is 52.1 Å². The predicted molar refractivity (Wildman–Crippen MR) is 88.1 cm³/mol. The highest BCUT2D eigenvalue weighted by Crippen LogP contribution is 2.22. The van der Waals surface area contributed by atoms with Gasteiger partial charge in [0, 0.05) is 18.7 Å². The van der Waals surface area contributed by atoms with Crippen LogP contribution in [0.5, 0.6) is 0 Å². The Morgan fingerprint density at radius 2 is 2.09 bits per heavy atom. The molecular formula is C16H24N2O4S. The number of amides is 1. The van der Waals surface area contributed by atoms with E-state index in [9.17, 15) is 13.2 Å². The Labute approximate surface area is 137 Å². The van der Waals surface area contributed by atoms with E-state index in [2.05, 4.69) is 4.72 Å². The van der Waals surface area contributed by atoms with Crippen LogP contribution in [0.2, 0.25) is 0 Å². The standard InChI is InChI=1S/C16H24N2O4S/c1-5-14-10-18(6-7-22-14)16(19)13-8-11(2)12(3)15(9-13)23(20,21)17-4/h8-9,14,17H,5-7,10H2,1-4H3/t14-/m1/s1. The van der Waals surface area contributed by atoms with Crippen molar-refractivity contribution in [3.8, 4) is 0 Å². The average molecular weight is 340 g/mol. The van der Waals surface area contributed by atoms with Crippen LogP contribution in [0.15, 0.2) is 17.0 Å². The Bertz CT molecular complexity index is 700. The molecule has 1 amide bonds. The van der Waals surface area contributed by atoms with Crippen LogP contribution in [0.1, 0.15) is 34.8 Å². The fourth-order valence-corrected chi connectivity index (χ4v) is 3.74. The number of hydrogen-bond acceptors (Lipinski definition) is 4. The first-order valence-corrected chi connectivity index (χ1v) is 9.24. The lowest BCUT2D eigenvalue weighted by Crippen LogP contribution is -2.45. The van der Waals surface area contributed by atoms with E-state index in [1.807, 2.05) is 13.8 Å². The fraction of sp³-hybridized carbons (Fsp3) is 0.562. The molecule has 1 fully saturated rings. The zero-order valence-electron chi connectivity index (χ0n) is 14.0. The number of morpholine rings is 1. The summed E-state index contributed by atoms with van der Waals surface area (Å²) < 4.78 is 32.2. The maximum atomic E-state index is 12.7. The number of sulfonamides is 1. The minimum absolute atomic E-state index is 0.0414. The second kappa shape index (κ2) is 6.98. The van der Waals surface area contributed by atoms with Crippen LogP contribution in [0, 0.1) is 13.8 Å². The minimum atomic E-state index is -3.60. The van der Waals surface area contributed by atoms with Crippen molar-refractivity contribution in [2.45, 2.75) is 38.2 Å². The summed E-state index contributed by atoms with van der Waals surface area (Å²) in [6.07, 6.45) is 0.885. The first-order chi connectivity index (χ1) is 10.8. The number of nitrogens with one attached hydrogen (secondary N) is 1. The van der Waals surface area contributed by atoms with Crippen LogP contribution < -0.4 is 4.72 Å². The Balaban J connectivity index is 2.38. The van der Waals surface area contributed by atoms with Crippen molar-refractivity contribution in [2.24, 2.45) is 0 Å². The topological polar surface area (TPSA) is 75.7 Å². The summed E-state index contributed by atoms with van der Waals surface area (Å²) in [7, 11) is -2.23. The molecule has 1 aliphatic rings. The molecule has 0 unspecified atom stereocenters. The van der Waals surface area contributed by atoms with Crippen molar-refractivity contribution < 1.29 is 17.9 Å². The van der Waals surface area contributed by atoms with Crippen molar-refractivity contribution in [1.82, 2.24) is 9.62 Å². The maximum Gasteiger partial charge on any atom is 0.254 e. The molecule has 1 aliphatic heterocycles. The van der Waals surface area contributed by atoms with E-state index in [1.54, 1.807) is 17.9 Å². The Morgan fingerprint density at radius 1 is 1.39 bits per heavy atom. The molecule has 0 spiro atoms. The highest BCUT2D eigenvalue weighted by molar-refractivity contribution is 7.89. The number of carbonyl (C=O) groups is 1. The SMILES string of the molecule is CC[C@@H]1CN(C(=O)c2cc(C)c(C)c(S(=O)(=O)NC)c2)CCO1. The highest BCUT2D eigenvalue weighted by Gasteiger charge is 2.26. The van der Waals surface area contributed by atoms with Gasteiger partial charge >= 0.3 is 0 Å². The van der Waals surface area contributed by atoms with Gasteiger partial charge in [0.15, 0.2) is 0 Å². The van der Waals surface area contributed by atoms with Crippen molar-refractivity contribution in [3.63, 3.8) is 0 Å². The third-order valence-corrected chi connectivity index (χ3v) is 5.85. The molecule has 0 bridgehead atoms. The van der Waals surface area contributed by atoms with Gasteiger partial charge in [-0.1, -0.05) is 6.92 Å². The lowest BCUT2D eigenvalue weighted by atomic mass is 10.0. The van der Waals surface area contributed by atoms with Crippen LogP contribution in [0.25, 0.3) is 0 Å². The number of hydrogen-bond donors (Lipinski definition) is 1. The van der Waals surface area contributed by atoms with Gasteiger partial charge in [-0.25, -0.2) is 13.1 Å². The normalized spacial score (nSPS) is 19.0. The number of nitrogens with zero attached hydrogens (tertiary/aromatic N) is 1. The molecule has 23 heavy (non-hydrogen) atoms. The van der Waals surface area contributed by atoms with E-state index < -0.39 is 10.0 Å². The number of carbonyl (C=O) groups excluding carboxylic acids is 1. The average Bonchev–Trinajstić information content (AvgIpc) is 2.56. The summed E-state index contributed by atoms with van der Waals surface area (Å²) in [5, 5.41) is 0. The quantitative estimate of drug-likeness (QED) is 0.900. The molecule has 7 heteroatoms. The zero-order valence-corrected chi connectivity index (χ0v) is 14.9. The molecular weight excluding hydrogens is 316 g/mol. The largest absolute Gasteiger partial charge is 0.375 e. The van der Waals surface area contributed by atoms with Gasteiger partial charge in [0.1, 0.15) is 0 Å². The minimum Gasteiger partial charge on any atom is -0.375 e. The Kier molecular flexibility index (Phi) is 5.44. The number of aryl methyl sites for hydroxylation is 1. The number of ether oxygens (including phenoxy) is 1. The van der Waals surface area contributed by atoms with E-state index in [0.717, 1.165) is 12.0 Å². The Morgan fingerprint density at radius 3 is 2.70 bits per heavy atom. The molecule has 1 heterocycles. The second-order valence-corrected chi connectivity index (χ2v) is 7.63. The van der Waals surface area contributed by atoms with Crippen LogP contribution in [-0.2, 0) is 14.8 Å². The summed E-state index contributed by atoms with van der Waals surface area (Å²) in [6, 6.07) is 3.22. The number of rotatable bonds is 4. The summed E-state index contributed by atoms with van der Waals surface area (Å²) >= 11 is 0. The van der Waals surface area contributed by atoms with Crippen LogP contribution >= 0.6 is 0 Å². The molecule has 0 aromatic heterocycles. The van der Waals surface area contributed by atoms with Gasteiger partial charge in [0.25, 0.3) is 5.91 Å². The van der Waals surface area contributed by atoms with Gasteiger partial charge in [-0.15, -0.1) is 0 Å². The first-order valence-electron chi connectivity index (χ1n) is 7.75. The molecule has 0 saturated carbocycles. The van der Waals surface area contributed by atoms with Gasteiger partial charge in [-0.2, -0.15) is 0 Å². The molecule has 1 aromatic rings. The number of benzene rings is 1. The zero-order chi connectivity index (χ0) is 17.2. The molecule has 1 saturated heterocycles. The molecule has 128 valence electrons. The molecule has 2 rings (SSSR count). The predicted octanol–water partition coefficient (Wildman–Crippen LogP) is 1.46. The summed E-state index contributed by atoms with van der Waals surface area (Å²) in [5.41, 5.74) is 1.84. The lowest BCUT2D eigenvalue weighted by molar-refractivity contribution is -0.0226. The van der Waals surface area contributed by atoms with Gasteiger partial charge in [-0.05, 0) is 50.6 Å². The van der Waals surface area contributed by atoms with Crippen molar-refractivity contribution >= 4 is 15.9 Å². The Hall–Kier alpha value is -1.44. The molecule has 1 aromatic carbocycles. The van der Waals surface area contributed by atoms with E-state index >= 15 is 0 Å². The fourth-order valence-electron chi connectivity index (χ4n) is 2.67.